The predicted octanol–water partition coefficient (Wildman–Crippen LogP) is 2.19. The van der Waals surface area contributed by atoms with Gasteiger partial charge in [0.1, 0.15) is 0 Å². The zero-order valence-electron chi connectivity index (χ0n) is 7.58. The van der Waals surface area contributed by atoms with Crippen LogP contribution in [0.1, 0.15) is 36.9 Å². The molecule has 2 nitrogen and oxygen atoms in total. The van der Waals surface area contributed by atoms with Crippen LogP contribution >= 0.6 is 11.3 Å². The Morgan fingerprint density at radius 1 is 1.58 bits per heavy atom. The molecule has 0 spiro atoms. The molecular weight excluding hydrogens is 170 g/mol. The van der Waals surface area contributed by atoms with Gasteiger partial charge in [0.05, 0.1) is 17.3 Å². The number of aromatic nitrogens is 1. The van der Waals surface area contributed by atoms with Crippen LogP contribution < -0.4 is 0 Å². The van der Waals surface area contributed by atoms with E-state index in [0.29, 0.717) is 0 Å². The number of hydrogen-bond donors (Lipinski definition) is 1. The molecule has 0 aromatic carbocycles. The summed E-state index contributed by atoms with van der Waals surface area (Å²) >= 11 is 1.66. The van der Waals surface area contributed by atoms with Crippen molar-refractivity contribution in [1.29, 1.82) is 0 Å². The molecular formula is C9H15NOS. The smallest absolute Gasteiger partial charge is 0.0982 e. The minimum atomic E-state index is 0.215. The first kappa shape index (κ1) is 9.68. The normalized spacial score (nSPS) is 13.2. The zero-order valence-corrected chi connectivity index (χ0v) is 8.40. The molecule has 1 aromatic heterocycles. The Kier molecular flexibility index (Phi) is 3.69. The Morgan fingerprint density at radius 2 is 2.33 bits per heavy atom. The van der Waals surface area contributed by atoms with Gasteiger partial charge in [-0.15, -0.1) is 11.3 Å². The first-order valence-electron chi connectivity index (χ1n) is 4.36. The van der Waals surface area contributed by atoms with Crippen molar-refractivity contribution in [1.82, 2.24) is 4.98 Å². The molecule has 0 aliphatic carbocycles. The Hall–Kier alpha value is -0.410. The maximum absolute atomic E-state index is 9.03. The van der Waals surface area contributed by atoms with E-state index in [9.17, 15) is 0 Å². The van der Waals surface area contributed by atoms with E-state index >= 15 is 0 Å². The molecule has 1 N–H and O–H groups in total. The fourth-order valence-corrected chi connectivity index (χ4v) is 2.13. The molecule has 12 heavy (non-hydrogen) atoms. The highest BCUT2D eigenvalue weighted by Crippen LogP contribution is 2.22. The van der Waals surface area contributed by atoms with Crippen LogP contribution in [-0.2, 0) is 6.42 Å². The molecule has 1 aromatic rings. The fourth-order valence-electron chi connectivity index (χ4n) is 1.05. The minimum Gasteiger partial charge on any atom is -0.396 e. The molecule has 1 unspecified atom stereocenters. The van der Waals surface area contributed by atoms with E-state index in [2.05, 4.69) is 24.2 Å². The highest BCUT2D eigenvalue weighted by Gasteiger charge is 2.11. The van der Waals surface area contributed by atoms with Crippen LogP contribution in [-0.4, -0.2) is 16.7 Å². The van der Waals surface area contributed by atoms with Crippen LogP contribution in [0.25, 0.3) is 0 Å². The number of aliphatic hydroxyl groups is 1. The molecule has 0 saturated carbocycles. The van der Waals surface area contributed by atoms with Gasteiger partial charge in [-0.25, -0.2) is 4.98 Å². The highest BCUT2D eigenvalue weighted by atomic mass is 32.1. The van der Waals surface area contributed by atoms with Gasteiger partial charge in [0.15, 0.2) is 0 Å². The fraction of sp³-hybridized carbons (Fsp3) is 0.667. The lowest BCUT2D eigenvalue weighted by atomic mass is 10.1. The van der Waals surface area contributed by atoms with Crippen molar-refractivity contribution >= 4 is 11.3 Å². The van der Waals surface area contributed by atoms with Crippen molar-refractivity contribution < 1.29 is 5.11 Å². The maximum atomic E-state index is 9.03. The Morgan fingerprint density at radius 3 is 2.75 bits per heavy atom. The summed E-state index contributed by atoms with van der Waals surface area (Å²) < 4.78 is 0. The first-order chi connectivity index (χ1) is 5.81. The summed E-state index contributed by atoms with van der Waals surface area (Å²) in [6.45, 7) is 4.39. The third-order valence-corrected chi connectivity index (χ3v) is 3.05. The molecule has 1 heterocycles. The Labute approximate surface area is 77.3 Å². The predicted molar refractivity (Wildman–Crippen MR) is 51.6 cm³/mol. The van der Waals surface area contributed by atoms with Crippen LogP contribution in [0.15, 0.2) is 5.38 Å². The van der Waals surface area contributed by atoms with E-state index in [4.69, 9.17) is 5.11 Å². The number of aryl methyl sites for hydroxylation is 1. The van der Waals surface area contributed by atoms with Crippen LogP contribution in [0.5, 0.6) is 0 Å². The van der Waals surface area contributed by atoms with E-state index in [-0.39, 0.29) is 12.5 Å². The zero-order chi connectivity index (χ0) is 8.97. The number of rotatable bonds is 4. The van der Waals surface area contributed by atoms with E-state index in [0.717, 1.165) is 23.5 Å². The van der Waals surface area contributed by atoms with Gasteiger partial charge in [-0.05, 0) is 12.8 Å². The van der Waals surface area contributed by atoms with Gasteiger partial charge in [-0.1, -0.05) is 13.8 Å². The van der Waals surface area contributed by atoms with Gasteiger partial charge in [-0.2, -0.15) is 0 Å². The highest BCUT2D eigenvalue weighted by molar-refractivity contribution is 7.09. The van der Waals surface area contributed by atoms with Gasteiger partial charge in [0.2, 0.25) is 0 Å². The summed E-state index contributed by atoms with van der Waals surface area (Å²) in [5, 5.41) is 12.2. The average Bonchev–Trinajstić information content (AvgIpc) is 2.55. The van der Waals surface area contributed by atoms with Crippen molar-refractivity contribution in [3.05, 3.63) is 16.1 Å². The first-order valence-corrected chi connectivity index (χ1v) is 5.24. The van der Waals surface area contributed by atoms with Crippen molar-refractivity contribution in [2.24, 2.45) is 0 Å². The van der Waals surface area contributed by atoms with Gasteiger partial charge < -0.3 is 5.11 Å². The molecule has 0 aliphatic rings. The average molecular weight is 185 g/mol. The van der Waals surface area contributed by atoms with Crippen LogP contribution in [0.4, 0.5) is 0 Å². The molecule has 0 fully saturated rings. The second kappa shape index (κ2) is 4.58. The topological polar surface area (TPSA) is 33.1 Å². The van der Waals surface area contributed by atoms with Crippen molar-refractivity contribution in [3.63, 3.8) is 0 Å². The van der Waals surface area contributed by atoms with Gasteiger partial charge >= 0.3 is 0 Å². The maximum Gasteiger partial charge on any atom is 0.0982 e. The number of nitrogens with zero attached hydrogens (tertiary/aromatic N) is 1. The lowest BCUT2D eigenvalue weighted by Gasteiger charge is -2.05. The SMILES string of the molecule is CCc1csc(C(CC)CO)n1. The van der Waals surface area contributed by atoms with Gasteiger partial charge in [0, 0.05) is 11.3 Å². The van der Waals surface area contributed by atoms with Crippen molar-refractivity contribution in [3.8, 4) is 0 Å². The molecule has 0 saturated heterocycles. The number of aliphatic hydroxyl groups excluding tert-OH is 1. The molecule has 0 radical (unpaired) electrons. The summed E-state index contributed by atoms with van der Waals surface area (Å²) in [5.74, 6) is 0.246. The van der Waals surface area contributed by atoms with Crippen LogP contribution in [0.2, 0.25) is 0 Å². The van der Waals surface area contributed by atoms with E-state index < -0.39 is 0 Å². The van der Waals surface area contributed by atoms with Crippen molar-refractivity contribution in [2.75, 3.05) is 6.61 Å². The molecule has 68 valence electrons. The monoisotopic (exact) mass is 185 g/mol. The van der Waals surface area contributed by atoms with E-state index in [1.165, 1.54) is 0 Å². The Bertz CT molecular complexity index is 230. The molecule has 1 atom stereocenters. The second-order valence-electron chi connectivity index (χ2n) is 2.82. The molecule has 0 amide bonds. The third-order valence-electron chi connectivity index (χ3n) is 1.99. The standard InChI is InChI=1S/C9H15NOS/c1-3-7(5-11)9-10-8(4-2)6-12-9/h6-7,11H,3-5H2,1-2H3. The van der Waals surface area contributed by atoms with Crippen LogP contribution in [0.3, 0.4) is 0 Å². The van der Waals surface area contributed by atoms with Gasteiger partial charge in [-0.3, -0.25) is 0 Å². The quantitative estimate of drug-likeness (QED) is 0.780. The third kappa shape index (κ3) is 2.05. The lowest BCUT2D eigenvalue weighted by Crippen LogP contribution is -2.01. The summed E-state index contributed by atoms with van der Waals surface area (Å²) in [6, 6.07) is 0. The Balaban J connectivity index is 2.72. The van der Waals surface area contributed by atoms with E-state index in [1.54, 1.807) is 11.3 Å². The molecule has 3 heteroatoms. The molecule has 1 rings (SSSR count). The van der Waals surface area contributed by atoms with E-state index in [1.807, 2.05) is 0 Å². The van der Waals surface area contributed by atoms with Gasteiger partial charge in [0.25, 0.3) is 0 Å². The number of thiazole rings is 1. The number of hydrogen-bond acceptors (Lipinski definition) is 3. The largest absolute Gasteiger partial charge is 0.396 e. The van der Waals surface area contributed by atoms with Crippen LogP contribution in [0, 0.1) is 0 Å². The summed E-state index contributed by atoms with van der Waals surface area (Å²) in [4.78, 5) is 4.43. The summed E-state index contributed by atoms with van der Waals surface area (Å²) in [5.41, 5.74) is 1.14. The minimum absolute atomic E-state index is 0.215. The molecule has 0 aliphatic heterocycles. The lowest BCUT2D eigenvalue weighted by molar-refractivity contribution is 0.262. The second-order valence-corrected chi connectivity index (χ2v) is 3.71. The molecule has 0 bridgehead atoms. The summed E-state index contributed by atoms with van der Waals surface area (Å²) in [7, 11) is 0. The van der Waals surface area contributed by atoms with Crippen molar-refractivity contribution in [2.45, 2.75) is 32.6 Å². The summed E-state index contributed by atoms with van der Waals surface area (Å²) in [6.07, 6.45) is 1.95.